The van der Waals surface area contributed by atoms with Crippen LogP contribution in [0, 0.1) is 0 Å². The van der Waals surface area contributed by atoms with Crippen LogP contribution < -0.4 is 20.7 Å². The van der Waals surface area contributed by atoms with E-state index in [-0.39, 0.29) is 18.4 Å². The Hall–Kier alpha value is -3.28. The highest BCUT2D eigenvalue weighted by atomic mass is 16.5. The number of carbonyl (C=O) groups excluding carboxylic acids is 2. The van der Waals surface area contributed by atoms with E-state index in [1.807, 2.05) is 31.2 Å². The van der Waals surface area contributed by atoms with Crippen molar-refractivity contribution in [2.24, 2.45) is 0 Å². The molecule has 0 heterocycles. The number of hydrogen-bond acceptors (Lipinski definition) is 4. The highest BCUT2D eigenvalue weighted by molar-refractivity contribution is 5.98. The second kappa shape index (κ2) is 10.7. The van der Waals surface area contributed by atoms with E-state index in [1.165, 1.54) is 0 Å². The zero-order valence-corrected chi connectivity index (χ0v) is 15.5. The van der Waals surface area contributed by atoms with Gasteiger partial charge in [-0.3, -0.25) is 9.59 Å². The largest absolute Gasteiger partial charge is 0.490 e. The van der Waals surface area contributed by atoms with Crippen molar-refractivity contribution in [3.63, 3.8) is 0 Å². The van der Waals surface area contributed by atoms with Crippen LogP contribution in [-0.2, 0) is 4.79 Å². The first-order chi connectivity index (χ1) is 13.1. The Morgan fingerprint density at radius 1 is 1.11 bits per heavy atom. The summed E-state index contributed by atoms with van der Waals surface area (Å²) >= 11 is 0. The van der Waals surface area contributed by atoms with E-state index >= 15 is 0 Å². The number of amides is 2. The molecule has 0 aliphatic heterocycles. The first-order valence-electron chi connectivity index (χ1n) is 8.88. The van der Waals surface area contributed by atoms with Crippen LogP contribution in [-0.4, -0.2) is 31.5 Å². The van der Waals surface area contributed by atoms with Crippen molar-refractivity contribution in [2.75, 3.05) is 30.3 Å². The zero-order valence-electron chi connectivity index (χ0n) is 15.5. The maximum absolute atomic E-state index is 12.1. The molecule has 0 saturated carbocycles. The van der Waals surface area contributed by atoms with Crippen molar-refractivity contribution in [1.82, 2.24) is 5.32 Å². The highest BCUT2D eigenvalue weighted by Crippen LogP contribution is 2.16. The summed E-state index contributed by atoms with van der Waals surface area (Å²) in [5.74, 6) is 0.390. The molecule has 0 radical (unpaired) electrons. The normalized spacial score (nSPS) is 9.96. The predicted molar refractivity (Wildman–Crippen MR) is 108 cm³/mol. The lowest BCUT2D eigenvalue weighted by atomic mass is 10.2. The van der Waals surface area contributed by atoms with Crippen molar-refractivity contribution in [3.05, 3.63) is 66.7 Å². The molecule has 2 amide bonds. The van der Waals surface area contributed by atoms with Crippen LogP contribution >= 0.6 is 0 Å². The molecule has 0 saturated heterocycles. The van der Waals surface area contributed by atoms with Crippen LogP contribution in [0.5, 0.6) is 5.75 Å². The Labute approximate surface area is 159 Å². The van der Waals surface area contributed by atoms with Crippen molar-refractivity contribution >= 4 is 23.2 Å². The van der Waals surface area contributed by atoms with Crippen LogP contribution in [0.2, 0.25) is 0 Å². The summed E-state index contributed by atoms with van der Waals surface area (Å²) < 4.78 is 5.41. The minimum Gasteiger partial charge on any atom is -0.490 e. The Bertz CT molecular complexity index is 772. The van der Waals surface area contributed by atoms with Gasteiger partial charge in [0.15, 0.2) is 0 Å². The first kappa shape index (κ1) is 20.0. The Balaban J connectivity index is 1.85. The molecule has 6 heteroatoms. The number of rotatable bonds is 10. The number of nitrogens with one attached hydrogen (secondary N) is 3. The molecule has 0 bridgehead atoms. The summed E-state index contributed by atoms with van der Waals surface area (Å²) in [6.45, 7) is 6.77. The fourth-order valence-electron chi connectivity index (χ4n) is 2.29. The van der Waals surface area contributed by atoms with Crippen LogP contribution in [0.15, 0.2) is 61.2 Å². The van der Waals surface area contributed by atoms with Crippen LogP contribution in [0.4, 0.5) is 11.4 Å². The third kappa shape index (κ3) is 6.86. The minimum atomic E-state index is -0.201. The lowest BCUT2D eigenvalue weighted by Crippen LogP contribution is -2.24. The quantitative estimate of drug-likeness (QED) is 0.562. The molecule has 0 unspecified atom stereocenters. The van der Waals surface area contributed by atoms with Gasteiger partial charge < -0.3 is 20.7 Å². The van der Waals surface area contributed by atoms with Gasteiger partial charge in [0, 0.05) is 23.5 Å². The Morgan fingerprint density at radius 2 is 1.89 bits per heavy atom. The van der Waals surface area contributed by atoms with Gasteiger partial charge in [0.1, 0.15) is 12.4 Å². The molecule has 3 N–H and O–H groups in total. The molecule has 0 aliphatic rings. The third-order valence-electron chi connectivity index (χ3n) is 3.62. The average molecular weight is 367 g/mol. The fourth-order valence-corrected chi connectivity index (χ4v) is 2.29. The van der Waals surface area contributed by atoms with Crippen LogP contribution in [0.1, 0.15) is 23.7 Å². The van der Waals surface area contributed by atoms with Gasteiger partial charge in [-0.25, -0.2) is 0 Å². The van der Waals surface area contributed by atoms with Gasteiger partial charge in [0.2, 0.25) is 5.91 Å². The lowest BCUT2D eigenvalue weighted by molar-refractivity contribution is -0.114. The van der Waals surface area contributed by atoms with Crippen molar-refractivity contribution in [3.8, 4) is 5.75 Å². The molecule has 142 valence electrons. The third-order valence-corrected chi connectivity index (χ3v) is 3.62. The topological polar surface area (TPSA) is 79.5 Å². The van der Waals surface area contributed by atoms with Crippen LogP contribution in [0.25, 0.3) is 0 Å². The Morgan fingerprint density at radius 3 is 2.59 bits per heavy atom. The number of anilines is 2. The van der Waals surface area contributed by atoms with Crippen LogP contribution in [0.3, 0.4) is 0 Å². The van der Waals surface area contributed by atoms with Gasteiger partial charge in [-0.05, 0) is 48.9 Å². The number of hydrogen-bond donors (Lipinski definition) is 3. The van der Waals surface area contributed by atoms with E-state index in [9.17, 15) is 9.59 Å². The van der Waals surface area contributed by atoms with Gasteiger partial charge in [0.25, 0.3) is 5.91 Å². The van der Waals surface area contributed by atoms with Gasteiger partial charge >= 0.3 is 0 Å². The van der Waals surface area contributed by atoms with Gasteiger partial charge in [0.05, 0.1) is 6.54 Å². The van der Waals surface area contributed by atoms with E-state index in [2.05, 4.69) is 22.5 Å². The minimum absolute atomic E-state index is 0.110. The summed E-state index contributed by atoms with van der Waals surface area (Å²) in [6, 6.07) is 14.2. The second-order valence-corrected chi connectivity index (χ2v) is 5.86. The summed E-state index contributed by atoms with van der Waals surface area (Å²) in [5.41, 5.74) is 1.91. The van der Waals surface area contributed by atoms with Gasteiger partial charge in [-0.1, -0.05) is 25.6 Å². The molecule has 0 aromatic heterocycles. The zero-order chi connectivity index (χ0) is 19.5. The van der Waals surface area contributed by atoms with E-state index < -0.39 is 0 Å². The van der Waals surface area contributed by atoms with E-state index in [0.29, 0.717) is 24.4 Å². The number of ether oxygens (including phenoxy) is 1. The van der Waals surface area contributed by atoms with Crippen molar-refractivity contribution in [1.29, 1.82) is 0 Å². The molecular weight excluding hydrogens is 342 g/mol. The number of benzene rings is 2. The maximum Gasteiger partial charge on any atom is 0.251 e. The molecule has 0 atom stereocenters. The highest BCUT2D eigenvalue weighted by Gasteiger charge is 2.07. The average Bonchev–Trinajstić information content (AvgIpc) is 2.70. The van der Waals surface area contributed by atoms with Gasteiger partial charge in [-0.2, -0.15) is 0 Å². The predicted octanol–water partition coefficient (Wildman–Crippen LogP) is 3.44. The molecule has 2 rings (SSSR count). The van der Waals surface area contributed by atoms with Crippen molar-refractivity contribution in [2.45, 2.75) is 13.3 Å². The SMILES string of the molecule is C=CCOc1ccc(NCC(=O)Nc2cccc(C(=O)NCCC)c2)cc1. The molecule has 27 heavy (non-hydrogen) atoms. The van der Waals surface area contributed by atoms with E-state index in [4.69, 9.17) is 4.74 Å². The number of carbonyl (C=O) groups is 2. The summed E-state index contributed by atoms with van der Waals surface area (Å²) in [6.07, 6.45) is 2.55. The fraction of sp³-hybridized carbons (Fsp3) is 0.238. The standard InChI is InChI=1S/C21H25N3O3/c1-3-12-22-21(26)16-6-5-7-18(14-16)24-20(25)15-23-17-8-10-19(11-9-17)27-13-4-2/h4-11,14,23H,2-3,12-13,15H2,1H3,(H,22,26)(H,24,25). The molecule has 0 fully saturated rings. The molecule has 2 aromatic rings. The summed E-state index contributed by atoms with van der Waals surface area (Å²) in [4.78, 5) is 24.1. The van der Waals surface area contributed by atoms with Gasteiger partial charge in [-0.15, -0.1) is 0 Å². The first-order valence-corrected chi connectivity index (χ1v) is 8.88. The molecule has 0 spiro atoms. The van der Waals surface area contributed by atoms with E-state index in [1.54, 1.807) is 30.3 Å². The molecule has 0 aliphatic carbocycles. The summed E-state index contributed by atoms with van der Waals surface area (Å²) in [7, 11) is 0. The molecular formula is C21H25N3O3. The monoisotopic (exact) mass is 367 g/mol. The molecule has 2 aromatic carbocycles. The Kier molecular flexibility index (Phi) is 7.91. The maximum atomic E-state index is 12.1. The smallest absolute Gasteiger partial charge is 0.251 e. The summed E-state index contributed by atoms with van der Waals surface area (Å²) in [5, 5.41) is 8.65. The van der Waals surface area contributed by atoms with E-state index in [0.717, 1.165) is 17.9 Å². The molecule has 6 nitrogen and oxygen atoms in total. The van der Waals surface area contributed by atoms with Crippen molar-refractivity contribution < 1.29 is 14.3 Å². The lowest BCUT2D eigenvalue weighted by Gasteiger charge is -2.10. The second-order valence-electron chi connectivity index (χ2n) is 5.86.